The minimum absolute atomic E-state index is 0.166. The Morgan fingerprint density at radius 2 is 2.38 bits per heavy atom. The van der Waals surface area contributed by atoms with Gasteiger partial charge in [-0.2, -0.15) is 0 Å². The number of benzene rings is 1. The van der Waals surface area contributed by atoms with Gasteiger partial charge in [0.05, 0.1) is 0 Å². The highest BCUT2D eigenvalue weighted by atomic mass is 16.3. The van der Waals surface area contributed by atoms with Gasteiger partial charge in [-0.05, 0) is 24.1 Å². The van der Waals surface area contributed by atoms with E-state index in [4.69, 9.17) is 4.42 Å². The first kappa shape index (κ1) is 10.5. The molecule has 1 aromatic carbocycles. The van der Waals surface area contributed by atoms with Crippen molar-refractivity contribution in [1.82, 2.24) is 15.6 Å². The quantitative estimate of drug-likeness (QED) is 0.817. The summed E-state index contributed by atoms with van der Waals surface area (Å²) in [5.41, 5.74) is 2.74. The Bertz CT molecular complexity index is 493. The second-order valence-corrected chi connectivity index (χ2v) is 3.41. The van der Waals surface area contributed by atoms with E-state index in [1.165, 1.54) is 6.39 Å². The van der Waals surface area contributed by atoms with Crippen LogP contribution < -0.4 is 10.6 Å². The van der Waals surface area contributed by atoms with Crippen molar-refractivity contribution in [2.75, 3.05) is 13.6 Å². The predicted molar refractivity (Wildman–Crippen MR) is 60.2 cm³/mol. The van der Waals surface area contributed by atoms with Crippen LogP contribution in [0.1, 0.15) is 5.56 Å². The molecule has 2 N–H and O–H groups in total. The van der Waals surface area contributed by atoms with Crippen molar-refractivity contribution >= 4 is 17.1 Å². The number of urea groups is 1. The molecule has 0 bridgehead atoms. The lowest BCUT2D eigenvalue weighted by molar-refractivity contribution is 0.243. The maximum atomic E-state index is 10.9. The molecule has 2 rings (SSSR count). The number of hydrogen-bond acceptors (Lipinski definition) is 3. The number of carbonyl (C=O) groups is 1. The van der Waals surface area contributed by atoms with Crippen LogP contribution in [0.25, 0.3) is 11.1 Å². The van der Waals surface area contributed by atoms with Gasteiger partial charge < -0.3 is 15.1 Å². The van der Waals surface area contributed by atoms with E-state index in [0.717, 1.165) is 23.1 Å². The molecule has 0 atom stereocenters. The smallest absolute Gasteiger partial charge is 0.314 e. The molecule has 16 heavy (non-hydrogen) atoms. The molecule has 1 aromatic heterocycles. The van der Waals surface area contributed by atoms with Crippen LogP contribution in [0.2, 0.25) is 0 Å². The Hall–Kier alpha value is -2.04. The molecule has 0 aliphatic heterocycles. The number of hydrogen-bond donors (Lipinski definition) is 2. The van der Waals surface area contributed by atoms with Gasteiger partial charge in [0.2, 0.25) is 0 Å². The van der Waals surface area contributed by atoms with E-state index < -0.39 is 0 Å². The zero-order valence-corrected chi connectivity index (χ0v) is 8.99. The summed E-state index contributed by atoms with van der Waals surface area (Å²) < 4.78 is 5.20. The minimum Gasteiger partial charge on any atom is -0.443 e. The Labute approximate surface area is 92.8 Å². The topological polar surface area (TPSA) is 67.2 Å². The zero-order chi connectivity index (χ0) is 11.4. The fraction of sp³-hybridized carbons (Fsp3) is 0.273. The average Bonchev–Trinajstić information content (AvgIpc) is 2.76. The number of nitrogens with one attached hydrogen (secondary N) is 2. The highest BCUT2D eigenvalue weighted by Gasteiger charge is 2.01. The lowest BCUT2D eigenvalue weighted by atomic mass is 10.1. The molecule has 0 radical (unpaired) electrons. The van der Waals surface area contributed by atoms with Gasteiger partial charge in [0.25, 0.3) is 0 Å². The highest BCUT2D eigenvalue weighted by Crippen LogP contribution is 2.14. The van der Waals surface area contributed by atoms with Crippen molar-refractivity contribution in [3.05, 3.63) is 30.2 Å². The largest absolute Gasteiger partial charge is 0.443 e. The Morgan fingerprint density at radius 3 is 3.19 bits per heavy atom. The summed E-state index contributed by atoms with van der Waals surface area (Å²) in [5.74, 6) is 0. The molecular formula is C11H13N3O2. The van der Waals surface area contributed by atoms with Crippen molar-refractivity contribution < 1.29 is 9.21 Å². The molecule has 5 nitrogen and oxygen atoms in total. The number of carbonyl (C=O) groups excluding carboxylic acids is 1. The fourth-order valence-corrected chi connectivity index (χ4v) is 1.46. The van der Waals surface area contributed by atoms with Crippen LogP contribution >= 0.6 is 0 Å². The van der Waals surface area contributed by atoms with E-state index >= 15 is 0 Å². The monoisotopic (exact) mass is 219 g/mol. The fourth-order valence-electron chi connectivity index (χ4n) is 1.46. The normalized spacial score (nSPS) is 10.3. The molecule has 0 aliphatic carbocycles. The molecule has 84 valence electrons. The van der Waals surface area contributed by atoms with Crippen LogP contribution in [0.15, 0.2) is 29.0 Å². The molecule has 2 aromatic rings. The van der Waals surface area contributed by atoms with Crippen molar-refractivity contribution in [3.8, 4) is 0 Å². The number of nitrogens with zero attached hydrogens (tertiary/aromatic N) is 1. The van der Waals surface area contributed by atoms with Crippen LogP contribution in [-0.4, -0.2) is 24.6 Å². The highest BCUT2D eigenvalue weighted by molar-refractivity contribution is 5.74. The summed E-state index contributed by atoms with van der Waals surface area (Å²) in [6.45, 7) is 0.597. The lowest BCUT2D eigenvalue weighted by Gasteiger charge is -2.03. The zero-order valence-electron chi connectivity index (χ0n) is 8.99. The average molecular weight is 219 g/mol. The summed E-state index contributed by atoms with van der Waals surface area (Å²) in [6, 6.07) is 5.67. The third-order valence-electron chi connectivity index (χ3n) is 2.32. The maximum absolute atomic E-state index is 10.9. The van der Waals surface area contributed by atoms with Crippen molar-refractivity contribution in [2.45, 2.75) is 6.42 Å². The molecule has 1 heterocycles. The first-order valence-corrected chi connectivity index (χ1v) is 5.07. The summed E-state index contributed by atoms with van der Waals surface area (Å²) in [5, 5.41) is 5.22. The number of fused-ring (bicyclic) bond motifs is 1. The lowest BCUT2D eigenvalue weighted by Crippen LogP contribution is -2.33. The Morgan fingerprint density at radius 1 is 1.50 bits per heavy atom. The van der Waals surface area contributed by atoms with Crippen LogP contribution in [0.4, 0.5) is 4.79 Å². The van der Waals surface area contributed by atoms with E-state index in [9.17, 15) is 4.79 Å². The first-order chi connectivity index (χ1) is 7.79. The van der Waals surface area contributed by atoms with Crippen molar-refractivity contribution in [1.29, 1.82) is 0 Å². The molecule has 0 saturated heterocycles. The van der Waals surface area contributed by atoms with Gasteiger partial charge in [0, 0.05) is 13.6 Å². The van der Waals surface area contributed by atoms with E-state index in [1.54, 1.807) is 7.05 Å². The summed E-state index contributed by atoms with van der Waals surface area (Å²) in [4.78, 5) is 15.0. The van der Waals surface area contributed by atoms with Gasteiger partial charge in [0.15, 0.2) is 12.0 Å². The second kappa shape index (κ2) is 4.65. The summed E-state index contributed by atoms with van der Waals surface area (Å²) in [6.07, 6.45) is 2.20. The first-order valence-electron chi connectivity index (χ1n) is 5.07. The summed E-state index contributed by atoms with van der Waals surface area (Å²) in [7, 11) is 1.59. The van der Waals surface area contributed by atoms with Gasteiger partial charge in [-0.1, -0.05) is 6.07 Å². The van der Waals surface area contributed by atoms with E-state index in [1.807, 2.05) is 18.2 Å². The van der Waals surface area contributed by atoms with Gasteiger partial charge in [-0.25, -0.2) is 9.78 Å². The number of rotatable bonds is 3. The van der Waals surface area contributed by atoms with Gasteiger partial charge in [-0.3, -0.25) is 0 Å². The molecule has 0 unspecified atom stereocenters. The second-order valence-electron chi connectivity index (χ2n) is 3.41. The van der Waals surface area contributed by atoms with Crippen LogP contribution in [0.3, 0.4) is 0 Å². The third-order valence-corrected chi connectivity index (χ3v) is 2.32. The van der Waals surface area contributed by atoms with E-state index in [0.29, 0.717) is 6.54 Å². The molecule has 0 saturated carbocycles. The standard InChI is InChI=1S/C11H13N3O2/c1-12-11(15)13-5-4-8-2-3-9-10(6-8)16-7-14-9/h2-3,6-7H,4-5H2,1H3,(H2,12,13,15). The van der Waals surface area contributed by atoms with Crippen LogP contribution in [0, 0.1) is 0 Å². The van der Waals surface area contributed by atoms with Crippen LogP contribution in [0.5, 0.6) is 0 Å². The van der Waals surface area contributed by atoms with Crippen molar-refractivity contribution in [3.63, 3.8) is 0 Å². The molecule has 5 heteroatoms. The Balaban J connectivity index is 1.96. The maximum Gasteiger partial charge on any atom is 0.314 e. The number of aromatic nitrogens is 1. The molecule has 0 spiro atoms. The van der Waals surface area contributed by atoms with E-state index in [-0.39, 0.29) is 6.03 Å². The van der Waals surface area contributed by atoms with E-state index in [2.05, 4.69) is 15.6 Å². The molecule has 2 amide bonds. The number of oxazole rings is 1. The van der Waals surface area contributed by atoms with Crippen molar-refractivity contribution in [2.24, 2.45) is 0 Å². The third kappa shape index (κ3) is 2.31. The van der Waals surface area contributed by atoms with Gasteiger partial charge in [0.1, 0.15) is 5.52 Å². The van der Waals surface area contributed by atoms with Gasteiger partial charge >= 0.3 is 6.03 Å². The SMILES string of the molecule is CNC(=O)NCCc1ccc2ncoc2c1. The molecular weight excluding hydrogens is 206 g/mol. The minimum atomic E-state index is -0.166. The summed E-state index contributed by atoms with van der Waals surface area (Å²) >= 11 is 0. The predicted octanol–water partition coefficient (Wildman–Crippen LogP) is 1.30. The molecule has 0 aliphatic rings. The Kier molecular flexibility index (Phi) is 3.05. The van der Waals surface area contributed by atoms with Gasteiger partial charge in [-0.15, -0.1) is 0 Å². The molecule has 0 fully saturated rings. The number of amides is 2. The van der Waals surface area contributed by atoms with Crippen LogP contribution in [-0.2, 0) is 6.42 Å².